The molecule has 106 valence electrons. The van der Waals surface area contributed by atoms with Crippen LogP contribution in [0.15, 0.2) is 19.6 Å². The monoisotopic (exact) mass is 329 g/mol. The summed E-state index contributed by atoms with van der Waals surface area (Å²) >= 11 is 1.21. The van der Waals surface area contributed by atoms with Gasteiger partial charge in [-0.2, -0.15) is 5.26 Å². The van der Waals surface area contributed by atoms with Gasteiger partial charge in [-0.15, -0.1) is 11.3 Å². The van der Waals surface area contributed by atoms with Crippen molar-refractivity contribution in [1.82, 2.24) is 0 Å². The maximum absolute atomic E-state index is 12.1. The third kappa shape index (κ3) is 1.85. The molecule has 0 bridgehead atoms. The zero-order chi connectivity index (χ0) is 15.3. The molecule has 5 nitrogen and oxygen atoms in total. The molecule has 0 saturated carbocycles. The van der Waals surface area contributed by atoms with Gasteiger partial charge in [-0.05, 0) is 26.0 Å². The summed E-state index contributed by atoms with van der Waals surface area (Å²) in [5.41, 5.74) is 0. The fraction of sp³-hybridized carbons (Fsp3) is 0.250. The summed E-state index contributed by atoms with van der Waals surface area (Å²) in [7, 11) is -7.20. The summed E-state index contributed by atoms with van der Waals surface area (Å²) in [5, 5.41) is 7.32. The molecule has 1 aromatic heterocycles. The zero-order valence-electron chi connectivity index (χ0n) is 11.0. The van der Waals surface area contributed by atoms with Gasteiger partial charge < -0.3 is 0 Å². The molecule has 2 aliphatic rings. The van der Waals surface area contributed by atoms with E-state index < -0.39 is 19.7 Å². The summed E-state index contributed by atoms with van der Waals surface area (Å²) in [4.78, 5) is 1.42. The summed E-state index contributed by atoms with van der Waals surface area (Å²) in [6, 6.07) is 1.75. The predicted octanol–water partition coefficient (Wildman–Crippen LogP) is 2.57. The molecule has 8 heteroatoms. The second kappa shape index (κ2) is 4.55. The first-order chi connectivity index (χ1) is 9.17. The predicted molar refractivity (Wildman–Crippen MR) is 77.3 cm³/mol. The SMILES string of the molecule is CC#N.CC1=Cc2sc3c(c2S1(=O)=O)S(=O)(=O)C(C)=C3. The van der Waals surface area contributed by atoms with Crippen molar-refractivity contribution in [1.29, 1.82) is 5.26 Å². The normalized spacial score (nSPS) is 19.9. The Bertz CT molecular complexity index is 838. The highest BCUT2D eigenvalue weighted by Gasteiger charge is 2.41. The van der Waals surface area contributed by atoms with Gasteiger partial charge in [-0.1, -0.05) is 0 Å². The molecule has 1 aromatic rings. The van der Waals surface area contributed by atoms with Crippen LogP contribution in [0.4, 0.5) is 0 Å². The zero-order valence-corrected chi connectivity index (χ0v) is 13.4. The van der Waals surface area contributed by atoms with Crippen molar-refractivity contribution >= 4 is 43.2 Å². The fourth-order valence-corrected chi connectivity index (χ4v) is 7.47. The molecule has 0 atom stereocenters. The molecule has 0 saturated heterocycles. The van der Waals surface area contributed by atoms with Crippen LogP contribution in [0.25, 0.3) is 12.2 Å². The van der Waals surface area contributed by atoms with E-state index in [2.05, 4.69) is 0 Å². The van der Waals surface area contributed by atoms with Gasteiger partial charge >= 0.3 is 0 Å². The standard InChI is InChI=1S/C10H8O4S3.C2H3N/c1-5-3-7-9(16(5,11)12)10-8(15-7)4-6(2)17(10,13)14;1-2-3/h3-4H,1-2H3;1H3. The lowest BCUT2D eigenvalue weighted by Gasteiger charge is -2.01. The largest absolute Gasteiger partial charge is 0.219 e. The van der Waals surface area contributed by atoms with E-state index >= 15 is 0 Å². The number of rotatable bonds is 0. The van der Waals surface area contributed by atoms with Crippen molar-refractivity contribution < 1.29 is 16.8 Å². The topological polar surface area (TPSA) is 92.1 Å². The summed E-state index contributed by atoms with van der Waals surface area (Å²) in [5.74, 6) is 0. The average Bonchev–Trinajstić information content (AvgIpc) is 2.84. The number of allylic oxidation sites excluding steroid dienone is 2. The van der Waals surface area contributed by atoms with E-state index in [1.54, 1.807) is 6.07 Å². The van der Waals surface area contributed by atoms with E-state index in [4.69, 9.17) is 5.26 Å². The van der Waals surface area contributed by atoms with Crippen LogP contribution in [0, 0.1) is 11.3 Å². The minimum absolute atomic E-state index is 0.0249. The number of sulfone groups is 2. The number of hydrogen-bond donors (Lipinski definition) is 0. The smallest absolute Gasteiger partial charge is 0.205 e. The molecule has 0 amide bonds. The molecule has 0 aliphatic carbocycles. The molecule has 0 aromatic carbocycles. The Balaban J connectivity index is 0.000000452. The molecule has 2 aliphatic heterocycles. The van der Waals surface area contributed by atoms with Gasteiger partial charge in [-0.25, -0.2) is 16.8 Å². The summed E-state index contributed by atoms with van der Waals surface area (Å²) in [6.07, 6.45) is 3.07. The van der Waals surface area contributed by atoms with E-state index in [0.717, 1.165) is 0 Å². The van der Waals surface area contributed by atoms with E-state index in [-0.39, 0.29) is 19.6 Å². The average molecular weight is 329 g/mol. The van der Waals surface area contributed by atoms with Gasteiger partial charge in [0, 0.05) is 26.5 Å². The molecule has 0 unspecified atom stereocenters. The third-order valence-electron chi connectivity index (χ3n) is 2.93. The lowest BCUT2D eigenvalue weighted by atomic mass is 10.4. The van der Waals surface area contributed by atoms with Crippen LogP contribution < -0.4 is 0 Å². The van der Waals surface area contributed by atoms with Crippen molar-refractivity contribution in [3.63, 3.8) is 0 Å². The van der Waals surface area contributed by atoms with Crippen molar-refractivity contribution in [3.05, 3.63) is 19.6 Å². The van der Waals surface area contributed by atoms with Crippen LogP contribution in [-0.2, 0) is 19.7 Å². The van der Waals surface area contributed by atoms with Crippen LogP contribution in [0.5, 0.6) is 0 Å². The Kier molecular flexibility index (Phi) is 3.40. The maximum atomic E-state index is 12.1. The first-order valence-corrected chi connectivity index (χ1v) is 9.30. The Hall–Kier alpha value is -1.43. The van der Waals surface area contributed by atoms with Gasteiger partial charge in [0.15, 0.2) is 0 Å². The summed E-state index contributed by atoms with van der Waals surface area (Å²) in [6.45, 7) is 4.40. The molecule has 3 heterocycles. The van der Waals surface area contributed by atoms with Gasteiger partial charge in [0.2, 0.25) is 19.7 Å². The van der Waals surface area contributed by atoms with Crippen molar-refractivity contribution in [2.24, 2.45) is 0 Å². The van der Waals surface area contributed by atoms with Crippen molar-refractivity contribution in [3.8, 4) is 6.07 Å². The first kappa shape index (κ1) is 15.0. The second-order valence-electron chi connectivity index (χ2n) is 4.23. The molecule has 0 N–H and O–H groups in total. The van der Waals surface area contributed by atoms with Gasteiger partial charge in [0.25, 0.3) is 0 Å². The third-order valence-corrected chi connectivity index (χ3v) is 8.25. The second-order valence-corrected chi connectivity index (χ2v) is 9.43. The number of nitrogens with zero attached hydrogens (tertiary/aromatic N) is 1. The number of thiophene rings is 1. The quantitative estimate of drug-likeness (QED) is 0.729. The van der Waals surface area contributed by atoms with E-state index in [0.29, 0.717) is 9.75 Å². The van der Waals surface area contributed by atoms with Gasteiger partial charge in [0.05, 0.1) is 6.07 Å². The minimum Gasteiger partial charge on any atom is -0.219 e. The summed E-state index contributed by atoms with van der Waals surface area (Å²) < 4.78 is 48.2. The van der Waals surface area contributed by atoms with Crippen LogP contribution in [-0.4, -0.2) is 16.8 Å². The Labute approximate surface area is 121 Å². The molecule has 20 heavy (non-hydrogen) atoms. The molecule has 3 rings (SSSR count). The van der Waals surface area contributed by atoms with Crippen molar-refractivity contribution in [2.45, 2.75) is 30.6 Å². The van der Waals surface area contributed by atoms with Crippen LogP contribution in [0.3, 0.4) is 0 Å². The molecular weight excluding hydrogens is 318 g/mol. The van der Waals surface area contributed by atoms with Crippen molar-refractivity contribution in [2.75, 3.05) is 0 Å². The molecular formula is C12H11NO4S3. The van der Waals surface area contributed by atoms with Gasteiger partial charge in [0.1, 0.15) is 9.79 Å². The molecule has 0 radical (unpaired) electrons. The van der Waals surface area contributed by atoms with E-state index in [1.165, 1.54) is 44.3 Å². The first-order valence-electron chi connectivity index (χ1n) is 5.52. The maximum Gasteiger partial charge on any atom is 0.205 e. The Morgan fingerprint density at radius 2 is 1.25 bits per heavy atom. The van der Waals surface area contributed by atoms with Gasteiger partial charge in [-0.3, -0.25) is 0 Å². The molecule has 0 spiro atoms. The van der Waals surface area contributed by atoms with E-state index in [9.17, 15) is 16.8 Å². The van der Waals surface area contributed by atoms with Crippen LogP contribution in [0.2, 0.25) is 0 Å². The molecule has 0 fully saturated rings. The minimum atomic E-state index is -3.60. The highest BCUT2D eigenvalue weighted by molar-refractivity contribution is 7.99. The van der Waals surface area contributed by atoms with Crippen LogP contribution >= 0.6 is 11.3 Å². The number of hydrogen-bond acceptors (Lipinski definition) is 6. The Morgan fingerprint density at radius 3 is 1.55 bits per heavy atom. The lowest BCUT2D eigenvalue weighted by molar-refractivity contribution is 0.592. The number of fused-ring (bicyclic) bond motifs is 3. The highest BCUT2D eigenvalue weighted by atomic mass is 32.2. The lowest BCUT2D eigenvalue weighted by Crippen LogP contribution is -2.05. The highest BCUT2D eigenvalue weighted by Crippen LogP contribution is 2.49. The number of nitriles is 1. The fourth-order valence-electron chi connectivity index (χ4n) is 1.98. The Morgan fingerprint density at radius 1 is 0.950 bits per heavy atom. The van der Waals surface area contributed by atoms with E-state index in [1.807, 2.05) is 0 Å². The van der Waals surface area contributed by atoms with Crippen LogP contribution in [0.1, 0.15) is 30.5 Å².